The molecule has 2 amide bonds. The number of carbonyl (C=O) groups is 2. The Morgan fingerprint density at radius 3 is 2.56 bits per heavy atom. The molecular weight excluding hydrogens is 319 g/mol. The van der Waals surface area contributed by atoms with Crippen LogP contribution in [0.2, 0.25) is 0 Å². The number of hydrogen-bond donors (Lipinski definition) is 1. The average Bonchev–Trinajstić information content (AvgIpc) is 2.90. The van der Waals surface area contributed by atoms with Crippen molar-refractivity contribution >= 4 is 17.5 Å². The van der Waals surface area contributed by atoms with Crippen LogP contribution < -0.4 is 5.32 Å². The summed E-state index contributed by atoms with van der Waals surface area (Å²) in [7, 11) is 0. The van der Waals surface area contributed by atoms with E-state index in [-0.39, 0.29) is 30.6 Å². The maximum absolute atomic E-state index is 13.8. The highest BCUT2D eigenvalue weighted by atomic mass is 19.1. The number of anilines is 1. The normalized spacial score (nSPS) is 17.0. The number of nitrogens with zero attached hydrogens (tertiary/aromatic N) is 1. The summed E-state index contributed by atoms with van der Waals surface area (Å²) in [5.41, 5.74) is 3.34. The zero-order valence-corrected chi connectivity index (χ0v) is 14.4. The highest BCUT2D eigenvalue weighted by Gasteiger charge is 2.34. The van der Waals surface area contributed by atoms with Crippen LogP contribution in [0.15, 0.2) is 42.5 Å². The van der Waals surface area contributed by atoms with E-state index >= 15 is 0 Å². The molecule has 0 saturated carbocycles. The monoisotopic (exact) mass is 340 g/mol. The van der Waals surface area contributed by atoms with Crippen molar-refractivity contribution < 1.29 is 14.0 Å². The number of hydrogen-bond acceptors (Lipinski definition) is 2. The molecule has 0 radical (unpaired) electrons. The smallest absolute Gasteiger partial charge is 0.229 e. The number of carbonyl (C=O) groups excluding carboxylic acids is 2. The minimum absolute atomic E-state index is 0.121. The van der Waals surface area contributed by atoms with Crippen molar-refractivity contribution in [3.63, 3.8) is 0 Å². The fourth-order valence-corrected chi connectivity index (χ4v) is 3.22. The third kappa shape index (κ3) is 4.05. The minimum Gasteiger partial charge on any atom is -0.337 e. The van der Waals surface area contributed by atoms with E-state index in [0.29, 0.717) is 12.1 Å². The lowest BCUT2D eigenvalue weighted by atomic mass is 10.1. The van der Waals surface area contributed by atoms with Gasteiger partial charge in [0.25, 0.3) is 0 Å². The molecule has 3 rings (SSSR count). The summed E-state index contributed by atoms with van der Waals surface area (Å²) in [5, 5.41) is 2.89. The van der Waals surface area contributed by atoms with Crippen molar-refractivity contribution in [1.82, 2.24) is 4.90 Å². The van der Waals surface area contributed by atoms with Gasteiger partial charge in [-0.05, 0) is 43.2 Å². The van der Waals surface area contributed by atoms with E-state index in [1.807, 2.05) is 32.0 Å². The molecule has 4 nitrogen and oxygen atoms in total. The van der Waals surface area contributed by atoms with E-state index in [2.05, 4.69) is 5.32 Å². The Labute approximate surface area is 146 Å². The van der Waals surface area contributed by atoms with Gasteiger partial charge >= 0.3 is 0 Å². The fraction of sp³-hybridized carbons (Fsp3) is 0.300. The van der Waals surface area contributed by atoms with Crippen LogP contribution in [0.3, 0.4) is 0 Å². The molecule has 1 saturated heterocycles. The van der Waals surface area contributed by atoms with Crippen LogP contribution >= 0.6 is 0 Å². The highest BCUT2D eigenvalue weighted by molar-refractivity contribution is 5.97. The highest BCUT2D eigenvalue weighted by Crippen LogP contribution is 2.23. The van der Waals surface area contributed by atoms with Gasteiger partial charge in [0.1, 0.15) is 5.82 Å². The Bertz CT molecular complexity index is 799. The fourth-order valence-electron chi connectivity index (χ4n) is 3.22. The van der Waals surface area contributed by atoms with Gasteiger partial charge in [0.2, 0.25) is 11.8 Å². The van der Waals surface area contributed by atoms with Crippen LogP contribution in [-0.4, -0.2) is 23.3 Å². The maximum Gasteiger partial charge on any atom is 0.229 e. The van der Waals surface area contributed by atoms with Gasteiger partial charge in [0.15, 0.2) is 0 Å². The molecular formula is C20H21FN2O2. The molecule has 1 N–H and O–H groups in total. The van der Waals surface area contributed by atoms with E-state index in [4.69, 9.17) is 0 Å². The molecule has 0 aromatic heterocycles. The second-order valence-corrected chi connectivity index (χ2v) is 6.63. The third-order valence-electron chi connectivity index (χ3n) is 4.39. The van der Waals surface area contributed by atoms with Crippen LogP contribution in [0.5, 0.6) is 0 Å². The molecule has 0 spiro atoms. The first-order valence-corrected chi connectivity index (χ1v) is 8.32. The van der Waals surface area contributed by atoms with Crippen molar-refractivity contribution in [1.29, 1.82) is 0 Å². The topological polar surface area (TPSA) is 49.4 Å². The first kappa shape index (κ1) is 17.1. The SMILES string of the molecule is Cc1cc(C)cc(NC(=O)C2CC(=O)N(Cc3ccccc3F)C2)c1. The Morgan fingerprint density at radius 1 is 1.20 bits per heavy atom. The quantitative estimate of drug-likeness (QED) is 0.927. The van der Waals surface area contributed by atoms with Crippen molar-refractivity contribution in [2.24, 2.45) is 5.92 Å². The summed E-state index contributed by atoms with van der Waals surface area (Å²) in [4.78, 5) is 26.2. The van der Waals surface area contributed by atoms with E-state index in [9.17, 15) is 14.0 Å². The maximum atomic E-state index is 13.8. The first-order valence-electron chi connectivity index (χ1n) is 8.32. The lowest BCUT2D eigenvalue weighted by Gasteiger charge is -2.17. The van der Waals surface area contributed by atoms with Crippen LogP contribution in [0.25, 0.3) is 0 Å². The first-order chi connectivity index (χ1) is 11.9. The van der Waals surface area contributed by atoms with Crippen LogP contribution in [0, 0.1) is 25.6 Å². The van der Waals surface area contributed by atoms with Crippen molar-refractivity contribution in [3.8, 4) is 0 Å². The molecule has 1 aliphatic heterocycles. The zero-order chi connectivity index (χ0) is 18.0. The summed E-state index contributed by atoms with van der Waals surface area (Å²) in [6.07, 6.45) is 0.158. The predicted molar refractivity (Wildman–Crippen MR) is 94.5 cm³/mol. The Hall–Kier alpha value is -2.69. The molecule has 0 bridgehead atoms. The lowest BCUT2D eigenvalue weighted by molar-refractivity contribution is -0.128. The number of amides is 2. The molecule has 5 heteroatoms. The Morgan fingerprint density at radius 2 is 1.88 bits per heavy atom. The summed E-state index contributed by atoms with van der Waals surface area (Å²) in [5.74, 6) is -1.04. The van der Waals surface area contributed by atoms with Crippen molar-refractivity contribution in [2.45, 2.75) is 26.8 Å². The molecule has 1 unspecified atom stereocenters. The second-order valence-electron chi connectivity index (χ2n) is 6.63. The van der Waals surface area contributed by atoms with Gasteiger partial charge in [-0.3, -0.25) is 9.59 Å². The molecule has 1 fully saturated rings. The van der Waals surface area contributed by atoms with Crippen LogP contribution in [0.4, 0.5) is 10.1 Å². The molecule has 1 aliphatic rings. The Kier molecular flexibility index (Phi) is 4.83. The summed E-state index contributed by atoms with van der Waals surface area (Å²) >= 11 is 0. The van der Waals surface area contributed by atoms with Gasteiger partial charge < -0.3 is 10.2 Å². The Balaban J connectivity index is 1.65. The number of rotatable bonds is 4. The zero-order valence-electron chi connectivity index (χ0n) is 14.4. The van der Waals surface area contributed by atoms with Crippen molar-refractivity contribution in [3.05, 3.63) is 65.0 Å². The van der Waals surface area contributed by atoms with Crippen LogP contribution in [-0.2, 0) is 16.1 Å². The number of likely N-dealkylation sites (tertiary alicyclic amines) is 1. The number of benzene rings is 2. The predicted octanol–water partition coefficient (Wildman–Crippen LogP) is 3.43. The standard InChI is InChI=1S/C20H21FN2O2/c1-13-7-14(2)9-17(8-13)22-20(25)16-10-19(24)23(12-16)11-15-5-3-4-6-18(15)21/h3-9,16H,10-12H2,1-2H3,(H,22,25). The van der Waals surface area contributed by atoms with Gasteiger partial charge in [-0.15, -0.1) is 0 Å². The lowest BCUT2D eigenvalue weighted by Crippen LogP contribution is -2.28. The second kappa shape index (κ2) is 7.05. The number of halogens is 1. The molecule has 1 atom stereocenters. The van der Waals surface area contributed by atoms with Gasteiger partial charge in [0, 0.05) is 30.8 Å². The van der Waals surface area contributed by atoms with E-state index in [1.165, 1.54) is 6.07 Å². The van der Waals surface area contributed by atoms with Gasteiger partial charge in [-0.25, -0.2) is 4.39 Å². The summed E-state index contributed by atoms with van der Waals surface area (Å²) in [6, 6.07) is 12.2. The van der Waals surface area contributed by atoms with E-state index in [0.717, 1.165) is 16.8 Å². The van der Waals surface area contributed by atoms with Crippen LogP contribution in [0.1, 0.15) is 23.1 Å². The molecule has 0 aliphatic carbocycles. The van der Waals surface area contributed by atoms with Crippen molar-refractivity contribution in [2.75, 3.05) is 11.9 Å². The molecule has 130 valence electrons. The van der Waals surface area contributed by atoms with E-state index in [1.54, 1.807) is 23.1 Å². The average molecular weight is 340 g/mol. The van der Waals surface area contributed by atoms with Gasteiger partial charge in [0.05, 0.1) is 5.92 Å². The molecule has 1 heterocycles. The number of aryl methyl sites for hydroxylation is 2. The molecule has 25 heavy (non-hydrogen) atoms. The summed E-state index contributed by atoms with van der Waals surface area (Å²) < 4.78 is 13.8. The number of nitrogens with one attached hydrogen (secondary N) is 1. The summed E-state index contributed by atoms with van der Waals surface area (Å²) in [6.45, 7) is 4.44. The molecule has 2 aromatic carbocycles. The largest absolute Gasteiger partial charge is 0.337 e. The van der Waals surface area contributed by atoms with E-state index < -0.39 is 5.92 Å². The van der Waals surface area contributed by atoms with Gasteiger partial charge in [-0.2, -0.15) is 0 Å². The third-order valence-corrected chi connectivity index (χ3v) is 4.39. The molecule has 2 aromatic rings. The van der Waals surface area contributed by atoms with Gasteiger partial charge in [-0.1, -0.05) is 24.3 Å². The minimum atomic E-state index is -0.417.